The lowest BCUT2D eigenvalue weighted by atomic mass is 10.4. The predicted molar refractivity (Wildman–Crippen MR) is 32.7 cm³/mol. The van der Waals surface area contributed by atoms with E-state index in [1.165, 1.54) is 4.68 Å². The number of aromatic nitrogens is 3. The van der Waals surface area contributed by atoms with E-state index in [1.54, 1.807) is 13.2 Å². The molecule has 1 aromatic heterocycles. The van der Waals surface area contributed by atoms with E-state index in [9.17, 15) is 0 Å². The Bertz CT molecular complexity index is 228. The first-order valence-corrected chi connectivity index (χ1v) is 2.44. The molecule has 9 heavy (non-hydrogen) atoms. The molecule has 48 valence electrons. The second-order valence-electron chi connectivity index (χ2n) is 1.72. The van der Waals surface area contributed by atoms with Crippen molar-refractivity contribution < 1.29 is 5.11 Å². The number of rotatable bonds is 1. The van der Waals surface area contributed by atoms with E-state index in [1.807, 2.05) is 0 Å². The largest absolute Gasteiger partial charge is 0.506 e. The maximum atomic E-state index is 8.73. The van der Waals surface area contributed by atoms with E-state index in [2.05, 4.69) is 16.9 Å². The topological polar surface area (TPSA) is 50.9 Å². The van der Waals surface area contributed by atoms with Crippen molar-refractivity contribution in [3.8, 4) is 0 Å². The highest BCUT2D eigenvalue weighted by Gasteiger charge is 1.98. The van der Waals surface area contributed by atoms with Crippen LogP contribution in [0.25, 0.3) is 5.76 Å². The van der Waals surface area contributed by atoms with E-state index in [0.717, 1.165) is 0 Å². The molecule has 0 amide bonds. The maximum Gasteiger partial charge on any atom is 0.146 e. The van der Waals surface area contributed by atoms with Gasteiger partial charge in [-0.25, -0.2) is 0 Å². The molecule has 0 aliphatic rings. The third-order valence-electron chi connectivity index (χ3n) is 0.898. The molecule has 0 aliphatic carbocycles. The van der Waals surface area contributed by atoms with Crippen LogP contribution >= 0.6 is 0 Å². The molecule has 0 fully saturated rings. The lowest BCUT2D eigenvalue weighted by Crippen LogP contribution is -1.85. The van der Waals surface area contributed by atoms with Gasteiger partial charge < -0.3 is 5.11 Å². The third-order valence-corrected chi connectivity index (χ3v) is 0.898. The summed E-state index contributed by atoms with van der Waals surface area (Å²) in [6.07, 6.45) is 1.59. The zero-order valence-electron chi connectivity index (χ0n) is 5.07. The van der Waals surface area contributed by atoms with Gasteiger partial charge in [-0.3, -0.25) is 4.68 Å². The summed E-state index contributed by atoms with van der Waals surface area (Å²) in [6.45, 7) is 3.28. The third kappa shape index (κ3) is 1.07. The molecule has 1 heterocycles. The quantitative estimate of drug-likeness (QED) is 0.551. The fourth-order valence-corrected chi connectivity index (χ4v) is 0.480. The first kappa shape index (κ1) is 5.81. The lowest BCUT2D eigenvalue weighted by Gasteiger charge is -1.84. The molecule has 0 atom stereocenters. The highest BCUT2D eigenvalue weighted by molar-refractivity contribution is 5.49. The van der Waals surface area contributed by atoms with Crippen LogP contribution in [0.4, 0.5) is 0 Å². The Hall–Kier alpha value is -1.32. The van der Waals surface area contributed by atoms with Crippen molar-refractivity contribution in [3.63, 3.8) is 0 Å². The average Bonchev–Trinajstić information content (AvgIpc) is 2.14. The van der Waals surface area contributed by atoms with Crippen LogP contribution in [0.15, 0.2) is 12.8 Å². The van der Waals surface area contributed by atoms with Crippen LogP contribution in [0, 0.1) is 0 Å². The second kappa shape index (κ2) is 1.89. The van der Waals surface area contributed by atoms with E-state index in [0.29, 0.717) is 5.69 Å². The normalized spacial score (nSPS) is 9.44. The smallest absolute Gasteiger partial charge is 0.146 e. The van der Waals surface area contributed by atoms with Crippen LogP contribution in [0.2, 0.25) is 0 Å². The molecule has 0 spiro atoms. The van der Waals surface area contributed by atoms with Crippen LogP contribution in [-0.4, -0.2) is 20.1 Å². The molecule has 4 heteroatoms. The summed E-state index contributed by atoms with van der Waals surface area (Å²) < 4.78 is 1.50. The molecule has 0 unspecified atom stereocenters. The Morgan fingerprint density at radius 1 is 1.89 bits per heavy atom. The van der Waals surface area contributed by atoms with Gasteiger partial charge >= 0.3 is 0 Å². The minimum absolute atomic E-state index is 0.0527. The molecule has 0 saturated heterocycles. The van der Waals surface area contributed by atoms with E-state index >= 15 is 0 Å². The molecular formula is C5H7N3O. The first-order chi connectivity index (χ1) is 4.20. The van der Waals surface area contributed by atoms with Gasteiger partial charge in [0.05, 0.1) is 6.20 Å². The van der Waals surface area contributed by atoms with Gasteiger partial charge in [-0.2, -0.15) is 0 Å². The Morgan fingerprint density at radius 3 is 2.78 bits per heavy atom. The van der Waals surface area contributed by atoms with Crippen LogP contribution in [0.5, 0.6) is 0 Å². The summed E-state index contributed by atoms with van der Waals surface area (Å²) in [5, 5.41) is 15.9. The van der Waals surface area contributed by atoms with Gasteiger partial charge in [-0.15, -0.1) is 5.10 Å². The van der Waals surface area contributed by atoms with Gasteiger partial charge in [0.25, 0.3) is 0 Å². The molecule has 0 saturated carbocycles. The highest BCUT2D eigenvalue weighted by atomic mass is 16.3. The van der Waals surface area contributed by atoms with Crippen molar-refractivity contribution in [2.24, 2.45) is 7.05 Å². The number of nitrogens with zero attached hydrogens (tertiary/aromatic N) is 3. The van der Waals surface area contributed by atoms with E-state index < -0.39 is 0 Å². The highest BCUT2D eigenvalue weighted by Crippen LogP contribution is 2.00. The van der Waals surface area contributed by atoms with Crippen molar-refractivity contribution in [3.05, 3.63) is 18.5 Å². The van der Waals surface area contributed by atoms with Crippen LogP contribution in [0.1, 0.15) is 5.69 Å². The Labute approximate surface area is 52.4 Å². The number of hydrogen-bond donors (Lipinski definition) is 1. The fourth-order valence-electron chi connectivity index (χ4n) is 0.480. The number of hydrogen-bond acceptors (Lipinski definition) is 3. The van der Waals surface area contributed by atoms with E-state index in [-0.39, 0.29) is 5.76 Å². The van der Waals surface area contributed by atoms with Crippen molar-refractivity contribution in [1.82, 2.24) is 15.0 Å². The fraction of sp³-hybridized carbons (Fsp3) is 0.200. The molecular weight excluding hydrogens is 118 g/mol. The summed E-state index contributed by atoms with van der Waals surface area (Å²) in [7, 11) is 1.72. The Morgan fingerprint density at radius 2 is 2.56 bits per heavy atom. The van der Waals surface area contributed by atoms with Gasteiger partial charge in [0, 0.05) is 7.05 Å². The average molecular weight is 125 g/mol. The SMILES string of the molecule is C=C(O)c1cn(C)nn1. The number of aliphatic hydroxyl groups is 1. The van der Waals surface area contributed by atoms with Gasteiger partial charge in [0.2, 0.25) is 0 Å². The summed E-state index contributed by atoms with van der Waals surface area (Å²) >= 11 is 0. The van der Waals surface area contributed by atoms with Crippen molar-refractivity contribution in [2.75, 3.05) is 0 Å². The molecule has 0 radical (unpaired) electrons. The maximum absolute atomic E-state index is 8.73. The molecule has 0 aromatic carbocycles. The summed E-state index contributed by atoms with van der Waals surface area (Å²) in [5.41, 5.74) is 0.414. The molecule has 0 aliphatic heterocycles. The Balaban J connectivity index is 2.98. The lowest BCUT2D eigenvalue weighted by molar-refractivity contribution is 0.510. The minimum Gasteiger partial charge on any atom is -0.506 e. The second-order valence-corrected chi connectivity index (χ2v) is 1.72. The van der Waals surface area contributed by atoms with Crippen molar-refractivity contribution in [2.45, 2.75) is 0 Å². The van der Waals surface area contributed by atoms with Gasteiger partial charge in [0.15, 0.2) is 0 Å². The standard InChI is InChI=1S/C5H7N3O/c1-4(9)5-3-8(2)7-6-5/h3,9H,1H2,2H3. The molecule has 1 rings (SSSR count). The van der Waals surface area contributed by atoms with Gasteiger partial charge in [-0.05, 0) is 0 Å². The molecule has 0 bridgehead atoms. The van der Waals surface area contributed by atoms with Crippen LogP contribution in [-0.2, 0) is 7.05 Å². The van der Waals surface area contributed by atoms with Crippen molar-refractivity contribution in [1.29, 1.82) is 0 Å². The number of aryl methyl sites for hydroxylation is 1. The zero-order chi connectivity index (χ0) is 6.85. The monoisotopic (exact) mass is 125 g/mol. The summed E-state index contributed by atoms with van der Waals surface area (Å²) in [5.74, 6) is -0.0527. The van der Waals surface area contributed by atoms with Crippen LogP contribution < -0.4 is 0 Å². The molecule has 1 N–H and O–H groups in total. The Kier molecular flexibility index (Phi) is 1.22. The summed E-state index contributed by atoms with van der Waals surface area (Å²) in [4.78, 5) is 0. The van der Waals surface area contributed by atoms with E-state index in [4.69, 9.17) is 5.11 Å². The molecule has 1 aromatic rings. The van der Waals surface area contributed by atoms with Crippen molar-refractivity contribution >= 4 is 5.76 Å². The number of aliphatic hydroxyl groups excluding tert-OH is 1. The zero-order valence-corrected chi connectivity index (χ0v) is 5.07. The first-order valence-electron chi connectivity index (χ1n) is 2.44. The van der Waals surface area contributed by atoms with Gasteiger partial charge in [0.1, 0.15) is 11.5 Å². The predicted octanol–water partition coefficient (Wildman–Crippen LogP) is 0.344. The van der Waals surface area contributed by atoms with Gasteiger partial charge in [-0.1, -0.05) is 11.8 Å². The summed E-state index contributed by atoms with van der Waals surface area (Å²) in [6, 6.07) is 0. The molecule has 4 nitrogen and oxygen atoms in total. The van der Waals surface area contributed by atoms with Crippen LogP contribution in [0.3, 0.4) is 0 Å². The minimum atomic E-state index is -0.0527.